The molecule has 0 aromatic carbocycles. The van der Waals surface area contributed by atoms with Crippen molar-refractivity contribution in [1.82, 2.24) is 25.0 Å². The zero-order valence-electron chi connectivity index (χ0n) is 11.9. The molecule has 1 aromatic rings. The zero-order valence-corrected chi connectivity index (χ0v) is 11.9. The number of carbonyl (C=O) groups excluding carboxylic acids is 1. The third-order valence-corrected chi connectivity index (χ3v) is 4.50. The molecule has 1 aromatic heterocycles. The molecule has 1 N–H and O–H groups in total. The van der Waals surface area contributed by atoms with Crippen LogP contribution in [0.25, 0.3) is 0 Å². The molecule has 0 aliphatic carbocycles. The van der Waals surface area contributed by atoms with E-state index in [0.717, 1.165) is 26.1 Å². The van der Waals surface area contributed by atoms with Crippen LogP contribution in [0.1, 0.15) is 32.1 Å². The minimum Gasteiger partial charge on any atom is -0.342 e. The number of aryl methyl sites for hydroxylation is 1. The number of carbonyl (C=O) groups is 1. The highest BCUT2D eigenvalue weighted by Gasteiger charge is 2.30. The van der Waals surface area contributed by atoms with Gasteiger partial charge in [0.25, 0.3) is 0 Å². The van der Waals surface area contributed by atoms with Gasteiger partial charge >= 0.3 is 0 Å². The zero-order chi connectivity index (χ0) is 13.8. The molecular formula is C14H23N5O. The van der Waals surface area contributed by atoms with E-state index in [9.17, 15) is 4.79 Å². The monoisotopic (exact) mass is 277 g/mol. The average Bonchev–Trinajstić information content (AvgIpc) is 3.18. The molecule has 2 fully saturated rings. The molecule has 0 bridgehead atoms. The summed E-state index contributed by atoms with van der Waals surface area (Å²) < 4.78 is 1.72. The van der Waals surface area contributed by atoms with E-state index in [2.05, 4.69) is 15.4 Å². The Hall–Kier alpha value is -1.43. The standard InChI is InChI=1S/C14H23N5O/c20-14(5-8-19-11-15-10-17-19)18-7-2-3-12(9-18)13-4-1-6-16-13/h10-13,16H,1-9H2. The Labute approximate surface area is 119 Å². The summed E-state index contributed by atoms with van der Waals surface area (Å²) in [7, 11) is 0. The molecule has 2 atom stereocenters. The minimum atomic E-state index is 0.253. The SMILES string of the molecule is O=C(CCn1cncn1)N1CCCC(C2CCCN2)C1. The van der Waals surface area contributed by atoms with Crippen LogP contribution >= 0.6 is 0 Å². The lowest BCUT2D eigenvalue weighted by Crippen LogP contribution is -2.46. The lowest BCUT2D eigenvalue weighted by atomic mass is 9.89. The first-order chi connectivity index (χ1) is 9.83. The maximum atomic E-state index is 12.3. The van der Waals surface area contributed by atoms with Crippen molar-refractivity contribution in [3.05, 3.63) is 12.7 Å². The van der Waals surface area contributed by atoms with Gasteiger partial charge in [0.1, 0.15) is 12.7 Å². The molecule has 6 heteroatoms. The number of nitrogens with one attached hydrogen (secondary N) is 1. The highest BCUT2D eigenvalue weighted by atomic mass is 16.2. The van der Waals surface area contributed by atoms with E-state index in [1.54, 1.807) is 11.0 Å². The van der Waals surface area contributed by atoms with Crippen molar-refractivity contribution in [2.24, 2.45) is 5.92 Å². The number of amides is 1. The topological polar surface area (TPSA) is 63.1 Å². The quantitative estimate of drug-likeness (QED) is 0.878. The lowest BCUT2D eigenvalue weighted by molar-refractivity contribution is -0.133. The molecule has 0 spiro atoms. The van der Waals surface area contributed by atoms with E-state index in [0.29, 0.717) is 24.9 Å². The smallest absolute Gasteiger partial charge is 0.224 e. The van der Waals surface area contributed by atoms with E-state index in [1.165, 1.54) is 25.6 Å². The van der Waals surface area contributed by atoms with Gasteiger partial charge in [0.15, 0.2) is 0 Å². The van der Waals surface area contributed by atoms with Crippen molar-refractivity contribution < 1.29 is 4.79 Å². The van der Waals surface area contributed by atoms with Crippen molar-refractivity contribution in [3.8, 4) is 0 Å². The molecule has 3 rings (SSSR count). The molecule has 2 saturated heterocycles. The fraction of sp³-hybridized carbons (Fsp3) is 0.786. The maximum Gasteiger partial charge on any atom is 0.224 e. The largest absolute Gasteiger partial charge is 0.342 e. The molecule has 3 heterocycles. The Morgan fingerprint density at radius 2 is 2.30 bits per heavy atom. The minimum absolute atomic E-state index is 0.253. The number of rotatable bonds is 4. The van der Waals surface area contributed by atoms with Gasteiger partial charge in [-0.2, -0.15) is 5.10 Å². The van der Waals surface area contributed by atoms with Crippen LogP contribution in [0.15, 0.2) is 12.7 Å². The molecule has 1 amide bonds. The van der Waals surface area contributed by atoms with Gasteiger partial charge in [0.05, 0.1) is 6.54 Å². The summed E-state index contributed by atoms with van der Waals surface area (Å²) in [6.45, 7) is 3.61. The molecule has 2 unspecified atom stereocenters. The van der Waals surface area contributed by atoms with E-state index in [-0.39, 0.29) is 5.91 Å². The predicted molar refractivity (Wildman–Crippen MR) is 75.0 cm³/mol. The normalized spacial score (nSPS) is 26.9. The Morgan fingerprint density at radius 1 is 1.35 bits per heavy atom. The molecule has 2 aliphatic heterocycles. The molecule has 0 saturated carbocycles. The molecule has 2 aliphatic rings. The second-order valence-corrected chi connectivity index (χ2v) is 5.85. The van der Waals surface area contributed by atoms with E-state index < -0.39 is 0 Å². The first-order valence-electron chi connectivity index (χ1n) is 7.66. The lowest BCUT2D eigenvalue weighted by Gasteiger charge is -2.36. The van der Waals surface area contributed by atoms with Gasteiger partial charge in [-0.25, -0.2) is 4.98 Å². The first-order valence-corrected chi connectivity index (χ1v) is 7.66. The summed E-state index contributed by atoms with van der Waals surface area (Å²) in [6, 6.07) is 0.626. The third kappa shape index (κ3) is 3.17. The van der Waals surface area contributed by atoms with Crippen molar-refractivity contribution in [3.63, 3.8) is 0 Å². The Kier molecular flexibility index (Phi) is 4.30. The van der Waals surface area contributed by atoms with Crippen molar-refractivity contribution in [2.75, 3.05) is 19.6 Å². The van der Waals surface area contributed by atoms with Crippen LogP contribution in [0.5, 0.6) is 0 Å². The molecular weight excluding hydrogens is 254 g/mol. The van der Waals surface area contributed by atoms with Crippen LogP contribution in [0.2, 0.25) is 0 Å². The number of hydrogen-bond acceptors (Lipinski definition) is 4. The highest BCUT2D eigenvalue weighted by molar-refractivity contribution is 5.76. The molecule has 110 valence electrons. The Bertz CT molecular complexity index is 427. The Morgan fingerprint density at radius 3 is 3.05 bits per heavy atom. The summed E-state index contributed by atoms with van der Waals surface area (Å²) in [6.07, 6.45) is 8.63. The summed E-state index contributed by atoms with van der Waals surface area (Å²) in [5, 5.41) is 7.62. The molecule has 0 radical (unpaired) electrons. The van der Waals surface area contributed by atoms with Crippen molar-refractivity contribution in [1.29, 1.82) is 0 Å². The van der Waals surface area contributed by atoms with Crippen LogP contribution in [0.4, 0.5) is 0 Å². The van der Waals surface area contributed by atoms with Crippen molar-refractivity contribution in [2.45, 2.75) is 44.7 Å². The number of aromatic nitrogens is 3. The van der Waals surface area contributed by atoms with E-state index >= 15 is 0 Å². The van der Waals surface area contributed by atoms with Gasteiger partial charge in [-0.05, 0) is 38.1 Å². The van der Waals surface area contributed by atoms with Crippen LogP contribution in [0, 0.1) is 5.92 Å². The summed E-state index contributed by atoms with van der Waals surface area (Å²) >= 11 is 0. The van der Waals surface area contributed by atoms with Crippen LogP contribution in [-0.2, 0) is 11.3 Å². The maximum absolute atomic E-state index is 12.3. The summed E-state index contributed by atoms with van der Waals surface area (Å²) in [5.41, 5.74) is 0. The van der Waals surface area contributed by atoms with E-state index in [1.807, 2.05) is 4.90 Å². The van der Waals surface area contributed by atoms with Gasteiger partial charge in [0, 0.05) is 25.6 Å². The van der Waals surface area contributed by atoms with Gasteiger partial charge in [0.2, 0.25) is 5.91 Å². The molecule has 6 nitrogen and oxygen atoms in total. The molecule has 20 heavy (non-hydrogen) atoms. The second kappa shape index (κ2) is 6.35. The third-order valence-electron chi connectivity index (χ3n) is 4.50. The first kappa shape index (κ1) is 13.5. The van der Waals surface area contributed by atoms with E-state index in [4.69, 9.17) is 0 Å². The van der Waals surface area contributed by atoms with Gasteiger partial charge in [-0.15, -0.1) is 0 Å². The van der Waals surface area contributed by atoms with Crippen LogP contribution in [0.3, 0.4) is 0 Å². The fourth-order valence-electron chi connectivity index (χ4n) is 3.40. The summed E-state index contributed by atoms with van der Waals surface area (Å²) in [4.78, 5) is 18.2. The number of nitrogens with zero attached hydrogens (tertiary/aromatic N) is 4. The number of likely N-dealkylation sites (tertiary alicyclic amines) is 1. The predicted octanol–water partition coefficient (Wildman–Crippen LogP) is 0.659. The number of piperidine rings is 1. The van der Waals surface area contributed by atoms with Gasteiger partial charge < -0.3 is 10.2 Å². The second-order valence-electron chi connectivity index (χ2n) is 5.85. The van der Waals surface area contributed by atoms with Gasteiger partial charge in [-0.3, -0.25) is 9.48 Å². The highest BCUT2D eigenvalue weighted by Crippen LogP contribution is 2.25. The average molecular weight is 277 g/mol. The Balaban J connectivity index is 1.49. The van der Waals surface area contributed by atoms with Crippen LogP contribution in [-0.4, -0.2) is 51.2 Å². The summed E-state index contributed by atoms with van der Waals surface area (Å²) in [5.74, 6) is 0.893. The number of hydrogen-bond donors (Lipinski definition) is 1. The van der Waals surface area contributed by atoms with Crippen LogP contribution < -0.4 is 5.32 Å². The van der Waals surface area contributed by atoms with Gasteiger partial charge in [-0.1, -0.05) is 0 Å². The van der Waals surface area contributed by atoms with Crippen molar-refractivity contribution >= 4 is 5.91 Å². The fourth-order valence-corrected chi connectivity index (χ4v) is 3.40.